The molecule has 0 rings (SSSR count). The van der Waals surface area contributed by atoms with Crippen LogP contribution in [0.3, 0.4) is 0 Å². The molecule has 6 N–H and O–H groups in total. The molecule has 0 radical (unpaired) electrons. The third kappa shape index (κ3) is 5.22. The summed E-state index contributed by atoms with van der Waals surface area (Å²) in [5.41, 5.74) is 10.8. The molecule has 2 atom stereocenters. The minimum atomic E-state index is -3.65. The Balaban J connectivity index is 4.20. The number of sulfone groups is 1. The first kappa shape index (κ1) is 14.5. The molecule has 0 bridgehead atoms. The maximum Gasteiger partial charge on any atom is 0.190 e. The van der Waals surface area contributed by atoms with Crippen LogP contribution in [0, 0.1) is 5.41 Å². The number of aliphatic hydroxyl groups is 1. The highest BCUT2D eigenvalue weighted by molar-refractivity contribution is 8.05. The molecule has 0 aromatic carbocycles. The van der Waals surface area contributed by atoms with E-state index >= 15 is 0 Å². The largest absolute Gasteiger partial charge is 0.384 e. The van der Waals surface area contributed by atoms with Gasteiger partial charge in [-0.3, -0.25) is 5.41 Å². The van der Waals surface area contributed by atoms with Crippen LogP contribution in [-0.4, -0.2) is 43.5 Å². The van der Waals surface area contributed by atoms with Crippen molar-refractivity contribution in [2.45, 2.75) is 31.4 Å². The maximum atomic E-state index is 10.9. The standard InChI is InChI=1S/C8H19N3O3S/c1-15(13,14)8(11)7(12)6(10)4-2-3-5-9/h6-7,11-12H,2-5,9-10H2,1H3. The molecule has 2 unspecified atom stereocenters. The summed E-state index contributed by atoms with van der Waals surface area (Å²) in [6, 6.07) is -0.723. The molecule has 0 aromatic heterocycles. The number of rotatable bonds is 6. The van der Waals surface area contributed by atoms with Gasteiger partial charge in [-0.1, -0.05) is 6.42 Å². The van der Waals surface area contributed by atoms with E-state index in [1.54, 1.807) is 0 Å². The summed E-state index contributed by atoms with van der Waals surface area (Å²) in [6.45, 7) is 0.534. The summed E-state index contributed by atoms with van der Waals surface area (Å²) < 4.78 is 21.9. The van der Waals surface area contributed by atoms with Crippen LogP contribution in [0.15, 0.2) is 0 Å². The molecule has 15 heavy (non-hydrogen) atoms. The quantitative estimate of drug-likeness (QED) is 0.262. The fourth-order valence-corrected chi connectivity index (χ4v) is 1.71. The Labute approximate surface area is 90.1 Å². The summed E-state index contributed by atoms with van der Waals surface area (Å²) in [5.74, 6) is 0. The van der Waals surface area contributed by atoms with E-state index in [0.29, 0.717) is 19.4 Å². The number of nitrogens with two attached hydrogens (primary N) is 2. The normalized spacial score (nSPS) is 16.0. The summed E-state index contributed by atoms with van der Waals surface area (Å²) in [7, 11) is -3.65. The lowest BCUT2D eigenvalue weighted by Crippen LogP contribution is -2.42. The molecule has 0 amide bonds. The lowest BCUT2D eigenvalue weighted by molar-refractivity contribution is 0.204. The van der Waals surface area contributed by atoms with Crippen molar-refractivity contribution < 1.29 is 13.5 Å². The third-order valence-corrected chi connectivity index (χ3v) is 3.11. The lowest BCUT2D eigenvalue weighted by Gasteiger charge is -2.18. The Hall–Kier alpha value is -0.500. The zero-order chi connectivity index (χ0) is 12.1. The van der Waals surface area contributed by atoms with E-state index in [1.165, 1.54) is 0 Å². The Morgan fingerprint density at radius 3 is 2.40 bits per heavy atom. The Morgan fingerprint density at radius 1 is 1.47 bits per heavy atom. The molecule has 7 heteroatoms. The van der Waals surface area contributed by atoms with Gasteiger partial charge in [0.15, 0.2) is 14.9 Å². The Bertz CT molecular complexity index is 302. The van der Waals surface area contributed by atoms with Crippen LogP contribution < -0.4 is 11.5 Å². The molecule has 0 saturated heterocycles. The highest BCUT2D eigenvalue weighted by Crippen LogP contribution is 2.06. The van der Waals surface area contributed by atoms with Gasteiger partial charge in [0.1, 0.15) is 6.10 Å². The summed E-state index contributed by atoms with van der Waals surface area (Å²) in [6.07, 6.45) is 1.40. The first-order chi connectivity index (χ1) is 6.80. The van der Waals surface area contributed by atoms with Crippen molar-refractivity contribution in [1.82, 2.24) is 0 Å². The van der Waals surface area contributed by atoms with Crippen LogP contribution in [0.1, 0.15) is 19.3 Å². The van der Waals surface area contributed by atoms with Crippen LogP contribution in [0.2, 0.25) is 0 Å². The van der Waals surface area contributed by atoms with Gasteiger partial charge < -0.3 is 16.6 Å². The maximum absolute atomic E-state index is 10.9. The molecule has 0 saturated carbocycles. The highest BCUT2D eigenvalue weighted by atomic mass is 32.2. The minimum absolute atomic E-state index is 0.455. The third-order valence-electron chi connectivity index (χ3n) is 2.07. The molecular weight excluding hydrogens is 218 g/mol. The van der Waals surface area contributed by atoms with E-state index < -0.39 is 27.0 Å². The van der Waals surface area contributed by atoms with Gasteiger partial charge in [0.05, 0.1) is 0 Å². The van der Waals surface area contributed by atoms with Gasteiger partial charge in [-0.25, -0.2) is 8.42 Å². The molecular formula is C8H19N3O3S. The zero-order valence-electron chi connectivity index (χ0n) is 8.81. The zero-order valence-corrected chi connectivity index (χ0v) is 9.63. The molecule has 0 heterocycles. The molecule has 0 aliphatic rings. The summed E-state index contributed by atoms with van der Waals surface area (Å²) >= 11 is 0. The fourth-order valence-electron chi connectivity index (χ4n) is 1.10. The van der Waals surface area contributed by atoms with Crippen LogP contribution >= 0.6 is 0 Å². The average molecular weight is 237 g/mol. The molecule has 0 aliphatic heterocycles. The second kappa shape index (κ2) is 6.16. The molecule has 0 spiro atoms. The van der Waals surface area contributed by atoms with Gasteiger partial charge in [-0.2, -0.15) is 0 Å². The molecule has 0 fully saturated rings. The van der Waals surface area contributed by atoms with Gasteiger partial charge >= 0.3 is 0 Å². The van der Waals surface area contributed by atoms with Gasteiger partial charge in [0.25, 0.3) is 0 Å². The highest BCUT2D eigenvalue weighted by Gasteiger charge is 2.26. The second-order valence-corrected chi connectivity index (χ2v) is 5.51. The number of aliphatic hydroxyl groups excluding tert-OH is 1. The van der Waals surface area contributed by atoms with Crippen molar-refractivity contribution in [1.29, 1.82) is 5.41 Å². The topological polar surface area (TPSA) is 130 Å². The van der Waals surface area contributed by atoms with Crippen molar-refractivity contribution in [3.05, 3.63) is 0 Å². The van der Waals surface area contributed by atoms with Crippen LogP contribution in [-0.2, 0) is 9.84 Å². The van der Waals surface area contributed by atoms with Crippen molar-refractivity contribution in [2.24, 2.45) is 11.5 Å². The fraction of sp³-hybridized carbons (Fsp3) is 0.875. The van der Waals surface area contributed by atoms with Gasteiger partial charge in [0.2, 0.25) is 0 Å². The summed E-state index contributed by atoms with van der Waals surface area (Å²) in [5, 5.41) is 16.0. The van der Waals surface area contributed by atoms with E-state index in [1.807, 2.05) is 0 Å². The van der Waals surface area contributed by atoms with Gasteiger partial charge in [0, 0.05) is 12.3 Å². The van der Waals surface area contributed by atoms with Gasteiger partial charge in [-0.05, 0) is 19.4 Å². The summed E-state index contributed by atoms with van der Waals surface area (Å²) in [4.78, 5) is 0. The van der Waals surface area contributed by atoms with Crippen molar-refractivity contribution in [2.75, 3.05) is 12.8 Å². The smallest absolute Gasteiger partial charge is 0.190 e. The van der Waals surface area contributed by atoms with Crippen LogP contribution in [0.25, 0.3) is 0 Å². The molecule has 6 nitrogen and oxygen atoms in total. The van der Waals surface area contributed by atoms with E-state index in [4.69, 9.17) is 16.9 Å². The van der Waals surface area contributed by atoms with E-state index in [0.717, 1.165) is 12.7 Å². The number of unbranched alkanes of at least 4 members (excludes halogenated alkanes) is 1. The van der Waals surface area contributed by atoms with Gasteiger partial charge in [-0.15, -0.1) is 0 Å². The van der Waals surface area contributed by atoms with Crippen molar-refractivity contribution >= 4 is 14.9 Å². The molecule has 90 valence electrons. The van der Waals surface area contributed by atoms with Crippen molar-refractivity contribution in [3.8, 4) is 0 Å². The van der Waals surface area contributed by atoms with E-state index in [9.17, 15) is 13.5 Å². The number of nitrogens with one attached hydrogen (secondary N) is 1. The van der Waals surface area contributed by atoms with E-state index in [2.05, 4.69) is 0 Å². The van der Waals surface area contributed by atoms with Crippen molar-refractivity contribution in [3.63, 3.8) is 0 Å². The van der Waals surface area contributed by atoms with E-state index in [-0.39, 0.29) is 0 Å². The second-order valence-electron chi connectivity index (χ2n) is 3.53. The Kier molecular flexibility index (Phi) is 5.96. The Morgan fingerprint density at radius 2 is 2.00 bits per heavy atom. The predicted molar refractivity (Wildman–Crippen MR) is 59.5 cm³/mol. The minimum Gasteiger partial charge on any atom is -0.384 e. The number of hydrogen-bond donors (Lipinski definition) is 4. The number of hydrogen-bond acceptors (Lipinski definition) is 6. The SMILES string of the molecule is CS(=O)(=O)C(=N)C(O)C(N)CCCCN. The van der Waals surface area contributed by atoms with Crippen LogP contribution in [0.5, 0.6) is 0 Å². The van der Waals surface area contributed by atoms with Crippen LogP contribution in [0.4, 0.5) is 0 Å². The predicted octanol–water partition coefficient (Wildman–Crippen LogP) is -1.17. The average Bonchev–Trinajstić information content (AvgIpc) is 2.14. The first-order valence-corrected chi connectivity index (χ1v) is 6.62. The monoisotopic (exact) mass is 237 g/mol. The first-order valence-electron chi connectivity index (χ1n) is 4.73. The molecule has 0 aromatic rings. The lowest BCUT2D eigenvalue weighted by atomic mass is 10.1. The molecule has 0 aliphatic carbocycles.